The number of anilines is 2. The summed E-state index contributed by atoms with van der Waals surface area (Å²) in [5, 5.41) is 5.80. The van der Waals surface area contributed by atoms with E-state index in [2.05, 4.69) is 24.5 Å². The van der Waals surface area contributed by atoms with Gasteiger partial charge in [-0.25, -0.2) is 0 Å². The second-order valence-corrected chi connectivity index (χ2v) is 7.08. The molecule has 130 valence electrons. The average Bonchev–Trinajstić information content (AvgIpc) is 3.39. The van der Waals surface area contributed by atoms with Crippen LogP contribution in [0.15, 0.2) is 48.5 Å². The second kappa shape index (κ2) is 6.71. The van der Waals surface area contributed by atoms with Crippen molar-refractivity contribution in [2.45, 2.75) is 39.5 Å². The molecule has 1 aliphatic carbocycles. The molecular formula is C21H24N2O2. The third-order valence-corrected chi connectivity index (χ3v) is 4.85. The highest BCUT2D eigenvalue weighted by molar-refractivity contribution is 6.17. The van der Waals surface area contributed by atoms with E-state index < -0.39 is 5.41 Å². The van der Waals surface area contributed by atoms with E-state index >= 15 is 0 Å². The molecule has 0 unspecified atom stereocenters. The fourth-order valence-corrected chi connectivity index (χ4v) is 2.84. The quantitative estimate of drug-likeness (QED) is 0.791. The van der Waals surface area contributed by atoms with Crippen LogP contribution in [0.2, 0.25) is 0 Å². The Kier molecular flexibility index (Phi) is 4.62. The summed E-state index contributed by atoms with van der Waals surface area (Å²) >= 11 is 0. The fraction of sp³-hybridized carbons (Fsp3) is 0.333. The number of carbonyl (C=O) groups excluding carboxylic acids is 2. The maximum atomic E-state index is 12.7. The summed E-state index contributed by atoms with van der Waals surface area (Å²) in [5.41, 5.74) is 2.74. The normalized spacial score (nSPS) is 14.9. The van der Waals surface area contributed by atoms with Crippen molar-refractivity contribution in [1.82, 2.24) is 0 Å². The van der Waals surface area contributed by atoms with Crippen LogP contribution >= 0.6 is 0 Å². The third kappa shape index (κ3) is 3.58. The van der Waals surface area contributed by atoms with E-state index in [0.29, 0.717) is 18.8 Å². The minimum Gasteiger partial charge on any atom is -0.325 e. The topological polar surface area (TPSA) is 58.2 Å². The van der Waals surface area contributed by atoms with Crippen molar-refractivity contribution in [3.63, 3.8) is 0 Å². The van der Waals surface area contributed by atoms with Crippen LogP contribution in [0.25, 0.3) is 0 Å². The Morgan fingerprint density at radius 2 is 1.52 bits per heavy atom. The molecule has 2 amide bonds. The molecule has 0 saturated heterocycles. The predicted octanol–water partition coefficient (Wildman–Crippen LogP) is 4.48. The molecule has 0 atom stereocenters. The van der Waals surface area contributed by atoms with Crippen LogP contribution in [-0.2, 0) is 9.59 Å². The highest BCUT2D eigenvalue weighted by Crippen LogP contribution is 2.47. The van der Waals surface area contributed by atoms with Crippen LogP contribution in [0.3, 0.4) is 0 Å². The summed E-state index contributed by atoms with van der Waals surface area (Å²) in [5.74, 6) is -0.00611. The monoisotopic (exact) mass is 336 g/mol. The smallest absolute Gasteiger partial charge is 0.240 e. The molecule has 2 aromatic rings. The predicted molar refractivity (Wildman–Crippen MR) is 101 cm³/mol. The molecule has 0 aromatic heterocycles. The molecule has 3 rings (SSSR count). The zero-order chi connectivity index (χ0) is 18.0. The number of carbonyl (C=O) groups is 2. The van der Waals surface area contributed by atoms with E-state index in [4.69, 9.17) is 0 Å². The first kappa shape index (κ1) is 17.2. The number of hydrogen-bond donors (Lipinski definition) is 2. The van der Waals surface area contributed by atoms with Crippen molar-refractivity contribution in [3.05, 3.63) is 59.7 Å². The molecule has 2 N–H and O–H groups in total. The molecular weight excluding hydrogens is 312 g/mol. The van der Waals surface area contributed by atoms with E-state index in [1.807, 2.05) is 55.5 Å². The van der Waals surface area contributed by atoms with E-state index in [1.54, 1.807) is 0 Å². The molecule has 1 fully saturated rings. The number of hydrogen-bond acceptors (Lipinski definition) is 2. The maximum absolute atomic E-state index is 12.7. The summed E-state index contributed by atoms with van der Waals surface area (Å²) in [6.45, 7) is 6.19. The van der Waals surface area contributed by atoms with Gasteiger partial charge in [0.15, 0.2) is 0 Å². The first-order valence-electron chi connectivity index (χ1n) is 8.71. The summed E-state index contributed by atoms with van der Waals surface area (Å²) < 4.78 is 0. The van der Waals surface area contributed by atoms with Gasteiger partial charge in [0.2, 0.25) is 11.8 Å². The molecule has 1 saturated carbocycles. The van der Waals surface area contributed by atoms with Crippen molar-refractivity contribution in [2.24, 2.45) is 5.41 Å². The van der Waals surface area contributed by atoms with E-state index in [-0.39, 0.29) is 11.8 Å². The molecule has 0 bridgehead atoms. The Morgan fingerprint density at radius 3 is 2.08 bits per heavy atom. The maximum Gasteiger partial charge on any atom is 0.240 e. The molecule has 25 heavy (non-hydrogen) atoms. The molecule has 4 heteroatoms. The van der Waals surface area contributed by atoms with Gasteiger partial charge >= 0.3 is 0 Å². The number of benzene rings is 2. The number of para-hydroxylation sites is 1. The Hall–Kier alpha value is -2.62. The van der Waals surface area contributed by atoms with Crippen LogP contribution in [0, 0.1) is 12.3 Å². The minimum atomic E-state index is -0.945. The van der Waals surface area contributed by atoms with Crippen LogP contribution in [0.4, 0.5) is 11.4 Å². The lowest BCUT2D eigenvalue weighted by atomic mass is 10.0. The van der Waals surface area contributed by atoms with Crippen LogP contribution in [0.5, 0.6) is 0 Å². The van der Waals surface area contributed by atoms with E-state index in [9.17, 15) is 9.59 Å². The Bertz CT molecular complexity index is 790. The Balaban J connectivity index is 1.68. The van der Waals surface area contributed by atoms with Gasteiger partial charge in [-0.2, -0.15) is 0 Å². The van der Waals surface area contributed by atoms with Gasteiger partial charge in [-0.3, -0.25) is 9.59 Å². The van der Waals surface area contributed by atoms with Gasteiger partial charge in [0, 0.05) is 11.4 Å². The minimum absolute atomic E-state index is 0.224. The number of amides is 2. The van der Waals surface area contributed by atoms with Gasteiger partial charge in [0.25, 0.3) is 0 Å². The molecule has 0 heterocycles. The van der Waals surface area contributed by atoms with Gasteiger partial charge in [-0.05, 0) is 55.0 Å². The molecule has 4 nitrogen and oxygen atoms in total. The van der Waals surface area contributed by atoms with Crippen LogP contribution in [-0.4, -0.2) is 11.8 Å². The molecule has 1 aliphatic rings. The van der Waals surface area contributed by atoms with E-state index in [1.165, 1.54) is 5.56 Å². The first-order valence-corrected chi connectivity index (χ1v) is 8.71. The second-order valence-electron chi connectivity index (χ2n) is 7.08. The number of aryl methyl sites for hydroxylation is 1. The largest absolute Gasteiger partial charge is 0.325 e. The lowest BCUT2D eigenvalue weighted by Crippen LogP contribution is -2.35. The number of rotatable bonds is 5. The van der Waals surface area contributed by atoms with Gasteiger partial charge in [0.05, 0.1) is 0 Å². The third-order valence-electron chi connectivity index (χ3n) is 4.85. The van der Waals surface area contributed by atoms with Gasteiger partial charge in [-0.1, -0.05) is 44.2 Å². The Morgan fingerprint density at radius 1 is 0.920 bits per heavy atom. The molecule has 0 radical (unpaired) electrons. The first-order chi connectivity index (χ1) is 11.9. The van der Waals surface area contributed by atoms with Crippen molar-refractivity contribution in [1.29, 1.82) is 0 Å². The summed E-state index contributed by atoms with van der Waals surface area (Å²) in [7, 11) is 0. The summed E-state index contributed by atoms with van der Waals surface area (Å²) in [6.07, 6.45) is 1.17. The van der Waals surface area contributed by atoms with Crippen molar-refractivity contribution >= 4 is 23.2 Å². The average molecular weight is 336 g/mol. The summed E-state index contributed by atoms with van der Waals surface area (Å²) in [6, 6.07) is 15.4. The van der Waals surface area contributed by atoms with E-state index in [0.717, 1.165) is 16.9 Å². The van der Waals surface area contributed by atoms with Gasteiger partial charge in [-0.15, -0.1) is 0 Å². The van der Waals surface area contributed by atoms with Crippen molar-refractivity contribution in [3.8, 4) is 0 Å². The highest BCUT2D eigenvalue weighted by Gasteiger charge is 2.56. The van der Waals surface area contributed by atoms with Crippen molar-refractivity contribution in [2.75, 3.05) is 10.6 Å². The SMILES string of the molecule is Cc1ccccc1NC(=O)C1(C(=O)Nc2ccc(C(C)C)cc2)CC1. The lowest BCUT2D eigenvalue weighted by Gasteiger charge is -2.17. The number of nitrogens with one attached hydrogen (secondary N) is 2. The highest BCUT2D eigenvalue weighted by atomic mass is 16.2. The summed E-state index contributed by atoms with van der Waals surface area (Å²) in [4.78, 5) is 25.3. The molecule has 0 spiro atoms. The molecule has 0 aliphatic heterocycles. The lowest BCUT2D eigenvalue weighted by molar-refractivity contribution is -0.131. The Labute approximate surface area is 148 Å². The molecule has 2 aromatic carbocycles. The van der Waals surface area contributed by atoms with Crippen LogP contribution in [0.1, 0.15) is 43.7 Å². The van der Waals surface area contributed by atoms with Gasteiger partial charge < -0.3 is 10.6 Å². The van der Waals surface area contributed by atoms with Gasteiger partial charge in [0.1, 0.15) is 5.41 Å². The zero-order valence-corrected chi connectivity index (χ0v) is 14.9. The zero-order valence-electron chi connectivity index (χ0n) is 14.9. The van der Waals surface area contributed by atoms with Crippen LogP contribution < -0.4 is 10.6 Å². The fourth-order valence-electron chi connectivity index (χ4n) is 2.84. The standard InChI is InChI=1S/C21H24N2O2/c1-14(2)16-8-10-17(11-9-16)22-19(24)21(12-13-21)20(25)23-18-7-5-4-6-15(18)3/h4-11,14H,12-13H2,1-3H3,(H,22,24)(H,23,25). The van der Waals surface area contributed by atoms with Crippen molar-refractivity contribution < 1.29 is 9.59 Å².